The van der Waals surface area contributed by atoms with Crippen molar-refractivity contribution in [1.29, 1.82) is 0 Å². The molecule has 6 nitrogen and oxygen atoms in total. The predicted octanol–water partition coefficient (Wildman–Crippen LogP) is 0.844. The summed E-state index contributed by atoms with van der Waals surface area (Å²) in [4.78, 5) is 11.5. The summed E-state index contributed by atoms with van der Waals surface area (Å²) < 4.78 is 5.02. The third-order valence-electron chi connectivity index (χ3n) is 2.09. The van der Waals surface area contributed by atoms with Crippen LogP contribution in [0.2, 0.25) is 0 Å². The summed E-state index contributed by atoms with van der Waals surface area (Å²) in [5.74, 6) is 0.231. The number of nitrogens with two attached hydrogens (primary N) is 1. The number of carbonyl (C=O) groups is 1. The van der Waals surface area contributed by atoms with Crippen LogP contribution in [-0.2, 0) is 0 Å². The van der Waals surface area contributed by atoms with Crippen molar-refractivity contribution in [2.75, 3.05) is 6.54 Å². The molecule has 6 heteroatoms. The highest BCUT2D eigenvalue weighted by Gasteiger charge is 2.11. The Bertz CT molecular complexity index is 384. The molecule has 0 aliphatic heterocycles. The monoisotopic (exact) mass is 225 g/mol. The second-order valence-corrected chi connectivity index (χ2v) is 3.38. The molecule has 0 unspecified atom stereocenters. The van der Waals surface area contributed by atoms with Gasteiger partial charge >= 0.3 is 0 Å². The van der Waals surface area contributed by atoms with Crippen molar-refractivity contribution in [2.45, 2.75) is 19.8 Å². The molecule has 0 aromatic carbocycles. The maximum absolute atomic E-state index is 11.5. The number of amides is 1. The zero-order valence-electron chi connectivity index (χ0n) is 9.06. The maximum Gasteiger partial charge on any atom is 0.287 e. The molecule has 1 heterocycles. The summed E-state index contributed by atoms with van der Waals surface area (Å²) in [7, 11) is 0. The lowest BCUT2D eigenvalue weighted by Crippen LogP contribution is -2.25. The van der Waals surface area contributed by atoms with Crippen molar-refractivity contribution in [3.05, 3.63) is 23.7 Å². The minimum absolute atomic E-state index is 0.156. The van der Waals surface area contributed by atoms with Crippen molar-refractivity contribution in [2.24, 2.45) is 10.9 Å². The van der Waals surface area contributed by atoms with Gasteiger partial charge in [-0.05, 0) is 19.4 Å². The van der Waals surface area contributed by atoms with Gasteiger partial charge < -0.3 is 20.7 Å². The summed E-state index contributed by atoms with van der Waals surface area (Å²) in [5, 5.41) is 13.8. The molecule has 0 aliphatic carbocycles. The van der Waals surface area contributed by atoms with Crippen LogP contribution in [0.1, 0.15) is 29.0 Å². The standard InChI is InChI=1S/C10H15N3O3/c1-7-4-6-16-9(7)10(14)12-5-2-3-8(11)13-15/h4,6,15H,2-3,5H2,1H3,(H2,11,13)(H,12,14). The number of furan rings is 1. The number of aryl methyl sites for hydroxylation is 1. The first-order chi connectivity index (χ1) is 7.65. The van der Waals surface area contributed by atoms with Gasteiger partial charge in [0.05, 0.1) is 6.26 Å². The van der Waals surface area contributed by atoms with Gasteiger partial charge in [0.25, 0.3) is 5.91 Å². The maximum atomic E-state index is 11.5. The van der Waals surface area contributed by atoms with E-state index in [1.54, 1.807) is 13.0 Å². The predicted molar refractivity (Wildman–Crippen MR) is 58.4 cm³/mol. The first-order valence-electron chi connectivity index (χ1n) is 4.94. The second-order valence-electron chi connectivity index (χ2n) is 3.38. The summed E-state index contributed by atoms with van der Waals surface area (Å²) in [6, 6.07) is 1.73. The Balaban J connectivity index is 2.29. The normalized spacial score (nSPS) is 11.4. The van der Waals surface area contributed by atoms with Gasteiger partial charge in [-0.1, -0.05) is 5.16 Å². The first-order valence-corrected chi connectivity index (χ1v) is 4.94. The third-order valence-corrected chi connectivity index (χ3v) is 2.09. The van der Waals surface area contributed by atoms with E-state index >= 15 is 0 Å². The largest absolute Gasteiger partial charge is 0.459 e. The van der Waals surface area contributed by atoms with E-state index in [9.17, 15) is 4.79 Å². The van der Waals surface area contributed by atoms with Crippen LogP contribution in [0.5, 0.6) is 0 Å². The Labute approximate surface area is 93.1 Å². The second kappa shape index (κ2) is 5.79. The van der Waals surface area contributed by atoms with Gasteiger partial charge in [-0.15, -0.1) is 0 Å². The summed E-state index contributed by atoms with van der Waals surface area (Å²) in [5.41, 5.74) is 6.08. The van der Waals surface area contributed by atoms with Gasteiger partial charge in [-0.3, -0.25) is 4.79 Å². The molecule has 88 valence electrons. The molecule has 0 atom stereocenters. The quantitative estimate of drug-likeness (QED) is 0.227. The van der Waals surface area contributed by atoms with Gasteiger partial charge in [0, 0.05) is 18.5 Å². The molecule has 1 amide bonds. The molecule has 4 N–H and O–H groups in total. The van der Waals surface area contributed by atoms with Crippen molar-refractivity contribution >= 4 is 11.7 Å². The van der Waals surface area contributed by atoms with E-state index in [0.717, 1.165) is 5.56 Å². The van der Waals surface area contributed by atoms with Crippen LogP contribution in [0, 0.1) is 6.92 Å². The Morgan fingerprint density at radius 3 is 3.00 bits per heavy atom. The van der Waals surface area contributed by atoms with Gasteiger partial charge in [0.1, 0.15) is 5.84 Å². The van der Waals surface area contributed by atoms with Crippen LogP contribution >= 0.6 is 0 Å². The molecule has 16 heavy (non-hydrogen) atoms. The summed E-state index contributed by atoms with van der Waals surface area (Å²) >= 11 is 0. The number of oxime groups is 1. The molecule has 0 saturated heterocycles. The highest BCUT2D eigenvalue weighted by molar-refractivity contribution is 5.92. The zero-order chi connectivity index (χ0) is 12.0. The van der Waals surface area contributed by atoms with Gasteiger partial charge in [-0.2, -0.15) is 0 Å². The zero-order valence-corrected chi connectivity index (χ0v) is 9.06. The number of nitrogens with one attached hydrogen (secondary N) is 1. The lowest BCUT2D eigenvalue weighted by molar-refractivity contribution is 0.0925. The molecule has 0 saturated carbocycles. The molecule has 0 fully saturated rings. The van der Waals surface area contributed by atoms with E-state index in [0.29, 0.717) is 25.1 Å². The molecule has 1 rings (SSSR count). The average Bonchev–Trinajstić information content (AvgIpc) is 2.70. The first kappa shape index (κ1) is 12.1. The van der Waals surface area contributed by atoms with Crippen molar-refractivity contribution < 1.29 is 14.4 Å². The van der Waals surface area contributed by atoms with Crippen molar-refractivity contribution in [3.8, 4) is 0 Å². The van der Waals surface area contributed by atoms with E-state index in [1.807, 2.05) is 0 Å². The lowest BCUT2D eigenvalue weighted by Gasteiger charge is -2.03. The van der Waals surface area contributed by atoms with Crippen LogP contribution < -0.4 is 11.1 Å². The fourth-order valence-electron chi connectivity index (χ4n) is 1.21. The molecule has 1 aromatic rings. The fraction of sp³-hybridized carbons (Fsp3) is 0.400. The molecule has 0 radical (unpaired) electrons. The van der Waals surface area contributed by atoms with Crippen molar-refractivity contribution in [3.63, 3.8) is 0 Å². The smallest absolute Gasteiger partial charge is 0.287 e. The number of carbonyl (C=O) groups excluding carboxylic acids is 1. The number of hydrogen-bond acceptors (Lipinski definition) is 4. The van der Waals surface area contributed by atoms with Crippen LogP contribution in [0.25, 0.3) is 0 Å². The highest BCUT2D eigenvalue weighted by atomic mass is 16.4. The topological polar surface area (TPSA) is 101 Å². The highest BCUT2D eigenvalue weighted by Crippen LogP contribution is 2.07. The minimum atomic E-state index is -0.248. The van der Waals surface area contributed by atoms with Gasteiger partial charge in [0.2, 0.25) is 0 Å². The minimum Gasteiger partial charge on any atom is -0.459 e. The van der Waals surface area contributed by atoms with E-state index in [1.165, 1.54) is 6.26 Å². The van der Waals surface area contributed by atoms with E-state index in [2.05, 4.69) is 10.5 Å². The molecule has 1 aromatic heterocycles. The lowest BCUT2D eigenvalue weighted by atomic mass is 10.2. The van der Waals surface area contributed by atoms with Crippen LogP contribution in [0.15, 0.2) is 21.9 Å². The SMILES string of the molecule is Cc1ccoc1C(=O)NCCCC(N)=NO. The molecule has 0 spiro atoms. The van der Waals surface area contributed by atoms with E-state index in [-0.39, 0.29) is 11.7 Å². The van der Waals surface area contributed by atoms with Crippen molar-refractivity contribution in [1.82, 2.24) is 5.32 Å². The van der Waals surface area contributed by atoms with E-state index < -0.39 is 0 Å². The number of hydrogen-bond donors (Lipinski definition) is 3. The Morgan fingerprint density at radius 1 is 1.69 bits per heavy atom. The average molecular weight is 225 g/mol. The van der Waals surface area contributed by atoms with Gasteiger partial charge in [0.15, 0.2) is 5.76 Å². The summed E-state index contributed by atoms with van der Waals surface area (Å²) in [6.45, 7) is 2.25. The Hall–Kier alpha value is -1.98. The summed E-state index contributed by atoms with van der Waals surface area (Å²) in [6.07, 6.45) is 2.52. The number of nitrogens with zero attached hydrogens (tertiary/aromatic N) is 1. The Kier molecular flexibility index (Phi) is 4.38. The van der Waals surface area contributed by atoms with Crippen LogP contribution in [-0.4, -0.2) is 23.5 Å². The molecular weight excluding hydrogens is 210 g/mol. The Morgan fingerprint density at radius 2 is 2.44 bits per heavy atom. The number of rotatable bonds is 5. The van der Waals surface area contributed by atoms with E-state index in [4.69, 9.17) is 15.4 Å². The molecular formula is C10H15N3O3. The number of amidine groups is 1. The van der Waals surface area contributed by atoms with Crippen LogP contribution in [0.3, 0.4) is 0 Å². The fourth-order valence-corrected chi connectivity index (χ4v) is 1.21. The third kappa shape index (κ3) is 3.30. The van der Waals surface area contributed by atoms with Crippen LogP contribution in [0.4, 0.5) is 0 Å². The molecule has 0 bridgehead atoms. The molecule has 0 aliphatic rings. The van der Waals surface area contributed by atoms with Gasteiger partial charge in [-0.25, -0.2) is 0 Å².